The molecule has 1 aromatic rings. The summed E-state index contributed by atoms with van der Waals surface area (Å²) in [4.78, 5) is 9.76. The summed E-state index contributed by atoms with van der Waals surface area (Å²) in [5.74, 6) is 1.15. The number of benzene rings is 1. The largest absolute Gasteiger partial charge is 0.507 e. The second kappa shape index (κ2) is 10.5. The third-order valence-corrected chi connectivity index (χ3v) is 6.43. The van der Waals surface area contributed by atoms with E-state index in [0.717, 1.165) is 60.0 Å². The van der Waals surface area contributed by atoms with Gasteiger partial charge in [0.15, 0.2) is 0 Å². The first kappa shape index (κ1) is 25.0. The van der Waals surface area contributed by atoms with Crippen LogP contribution in [0.4, 0.5) is 0 Å². The lowest BCUT2D eigenvalue weighted by atomic mass is 9.79. The normalized spacial score (nSPS) is 22.6. The molecule has 178 valence electrons. The minimum absolute atomic E-state index is 0.0774. The van der Waals surface area contributed by atoms with Gasteiger partial charge in [-0.3, -0.25) is 9.98 Å². The van der Waals surface area contributed by atoms with E-state index in [0.29, 0.717) is 23.8 Å². The minimum atomic E-state index is -0.156. The van der Waals surface area contributed by atoms with E-state index in [-0.39, 0.29) is 17.5 Å². The molecule has 4 heteroatoms. The molecule has 2 aliphatic rings. The first-order valence-electron chi connectivity index (χ1n) is 12.3. The molecule has 0 bridgehead atoms. The Morgan fingerprint density at radius 3 is 2.30 bits per heavy atom. The van der Waals surface area contributed by atoms with Crippen molar-refractivity contribution in [2.24, 2.45) is 21.3 Å². The van der Waals surface area contributed by atoms with Crippen molar-refractivity contribution in [2.75, 3.05) is 0 Å². The number of phenolic OH excluding ortho intramolecular Hbond substituents is 1. The lowest BCUT2D eigenvalue weighted by Crippen LogP contribution is -2.27. The molecule has 0 aromatic heterocycles. The Bertz CT molecular complexity index is 989. The molecule has 0 heterocycles. The molecule has 0 amide bonds. The second-order valence-electron chi connectivity index (χ2n) is 10.9. The fourth-order valence-electron chi connectivity index (χ4n) is 4.62. The number of allylic oxidation sites excluding steroid dienone is 4. The van der Waals surface area contributed by atoms with Gasteiger partial charge < -0.3 is 10.2 Å². The van der Waals surface area contributed by atoms with Crippen LogP contribution < -0.4 is 0 Å². The van der Waals surface area contributed by atoms with Crippen molar-refractivity contribution >= 4 is 12.4 Å². The molecule has 0 saturated heterocycles. The molecular formula is C29H40N2O2. The molecule has 1 aromatic carbocycles. The molecule has 33 heavy (non-hydrogen) atoms. The first-order valence-corrected chi connectivity index (χ1v) is 12.3. The third kappa shape index (κ3) is 6.46. The zero-order valence-corrected chi connectivity index (χ0v) is 20.9. The summed E-state index contributed by atoms with van der Waals surface area (Å²) in [7, 11) is 0. The topological polar surface area (TPSA) is 65.2 Å². The molecular weight excluding hydrogens is 408 g/mol. The molecule has 0 radical (unpaired) electrons. The van der Waals surface area contributed by atoms with Crippen LogP contribution in [-0.2, 0) is 6.42 Å². The fourth-order valence-corrected chi connectivity index (χ4v) is 4.62. The summed E-state index contributed by atoms with van der Waals surface area (Å²) < 4.78 is 0. The summed E-state index contributed by atoms with van der Waals surface area (Å²) in [6, 6.07) is 6.05. The average Bonchev–Trinajstić information content (AvgIpc) is 2.74. The number of rotatable bonds is 6. The zero-order chi connectivity index (χ0) is 24.2. The first-order chi connectivity index (χ1) is 15.6. The number of hydrogen-bond acceptors (Lipinski definition) is 4. The predicted octanol–water partition coefficient (Wildman–Crippen LogP) is 7.14. The molecule has 2 atom stereocenters. The van der Waals surface area contributed by atoms with Crippen molar-refractivity contribution in [1.82, 2.24) is 0 Å². The number of hydrogen-bond donors (Lipinski definition) is 2. The number of aromatic hydroxyl groups is 1. The summed E-state index contributed by atoms with van der Waals surface area (Å²) in [5, 5.41) is 21.6. The number of aliphatic hydroxyl groups excluding tert-OH is 1. The molecule has 0 unspecified atom stereocenters. The lowest BCUT2D eigenvalue weighted by Gasteiger charge is -2.28. The fraction of sp³-hybridized carbons (Fsp3) is 0.517. The van der Waals surface area contributed by atoms with Gasteiger partial charge in [-0.25, -0.2) is 0 Å². The van der Waals surface area contributed by atoms with Gasteiger partial charge in [-0.15, -0.1) is 0 Å². The van der Waals surface area contributed by atoms with Crippen molar-refractivity contribution < 1.29 is 10.2 Å². The van der Waals surface area contributed by atoms with Crippen LogP contribution in [0.3, 0.4) is 0 Å². The van der Waals surface area contributed by atoms with Crippen molar-refractivity contribution in [3.05, 3.63) is 64.5 Å². The van der Waals surface area contributed by atoms with E-state index in [9.17, 15) is 10.2 Å². The van der Waals surface area contributed by atoms with E-state index >= 15 is 0 Å². The number of nitrogens with zero attached hydrogens (tertiary/aromatic N) is 2. The Hall–Kier alpha value is -2.62. The Balaban J connectivity index is 1.80. The van der Waals surface area contributed by atoms with Crippen LogP contribution >= 0.6 is 0 Å². The minimum Gasteiger partial charge on any atom is -0.507 e. The molecule has 2 aliphatic carbocycles. The van der Waals surface area contributed by atoms with Crippen molar-refractivity contribution in [3.8, 4) is 5.75 Å². The smallest absolute Gasteiger partial charge is 0.127 e. The van der Waals surface area contributed by atoms with Gasteiger partial charge in [-0.2, -0.15) is 0 Å². The second-order valence-corrected chi connectivity index (χ2v) is 10.9. The van der Waals surface area contributed by atoms with E-state index in [4.69, 9.17) is 9.98 Å². The van der Waals surface area contributed by atoms with Crippen LogP contribution in [0, 0.1) is 11.3 Å². The molecule has 3 rings (SSSR count). The molecule has 1 saturated carbocycles. The number of para-hydroxylation sites is 1. The Morgan fingerprint density at radius 1 is 1.06 bits per heavy atom. The van der Waals surface area contributed by atoms with Gasteiger partial charge in [0.05, 0.1) is 12.1 Å². The predicted molar refractivity (Wildman–Crippen MR) is 140 cm³/mol. The van der Waals surface area contributed by atoms with Gasteiger partial charge in [0.25, 0.3) is 0 Å². The van der Waals surface area contributed by atoms with Gasteiger partial charge in [0.1, 0.15) is 11.5 Å². The van der Waals surface area contributed by atoms with E-state index < -0.39 is 0 Å². The monoisotopic (exact) mass is 448 g/mol. The Kier molecular flexibility index (Phi) is 7.99. The van der Waals surface area contributed by atoms with Gasteiger partial charge in [0, 0.05) is 30.0 Å². The highest BCUT2D eigenvalue weighted by Crippen LogP contribution is 2.37. The highest BCUT2D eigenvalue weighted by Gasteiger charge is 2.27. The number of phenols is 1. The lowest BCUT2D eigenvalue weighted by molar-refractivity contribution is 0.371. The number of aliphatic hydroxyl groups is 1. The van der Waals surface area contributed by atoms with Gasteiger partial charge >= 0.3 is 0 Å². The summed E-state index contributed by atoms with van der Waals surface area (Å²) in [6.07, 6.45) is 11.4. The SMILES string of the molecule is C=C1C=C(C(C)(C)C)C(O)=C(C=N[C@H]2CCCC[C@@H]2N=Cc2cccc(CC(C)C)c2O)C1. The quantitative estimate of drug-likeness (QED) is 0.454. The Labute approximate surface area is 199 Å². The molecule has 0 spiro atoms. The van der Waals surface area contributed by atoms with Gasteiger partial charge in [-0.1, -0.05) is 77.8 Å². The molecule has 1 fully saturated rings. The van der Waals surface area contributed by atoms with Crippen LogP contribution in [0.25, 0.3) is 0 Å². The molecule has 2 N–H and O–H groups in total. The maximum absolute atomic E-state index is 10.9. The van der Waals surface area contributed by atoms with E-state index in [2.05, 4.69) is 41.2 Å². The van der Waals surface area contributed by atoms with Crippen LogP contribution in [0.1, 0.15) is 77.8 Å². The van der Waals surface area contributed by atoms with Crippen LogP contribution in [-0.4, -0.2) is 34.7 Å². The molecule has 4 nitrogen and oxygen atoms in total. The van der Waals surface area contributed by atoms with Crippen LogP contribution in [0.2, 0.25) is 0 Å². The highest BCUT2D eigenvalue weighted by molar-refractivity contribution is 5.84. The number of aliphatic imine (C=N–C) groups is 2. The maximum atomic E-state index is 10.9. The summed E-state index contributed by atoms with van der Waals surface area (Å²) in [5.41, 5.74) is 4.32. The van der Waals surface area contributed by atoms with Crippen LogP contribution in [0.15, 0.2) is 63.3 Å². The van der Waals surface area contributed by atoms with Crippen molar-refractivity contribution in [2.45, 2.75) is 85.2 Å². The van der Waals surface area contributed by atoms with E-state index in [1.807, 2.05) is 36.7 Å². The zero-order valence-electron chi connectivity index (χ0n) is 20.9. The third-order valence-electron chi connectivity index (χ3n) is 6.43. The summed E-state index contributed by atoms with van der Waals surface area (Å²) >= 11 is 0. The standard InChI is InChI=1S/C29H40N2O2/c1-19(2)14-21-10-9-11-22(27(21)32)17-30-25-12-7-8-13-26(25)31-18-23-15-20(3)16-24(28(23)33)29(4,5)6/h9-11,16-19,25-26,32-33H,3,7-8,12-15H2,1-2,4-6H3/t25-,26-/m0/s1. The maximum Gasteiger partial charge on any atom is 0.127 e. The van der Waals surface area contributed by atoms with E-state index in [1.165, 1.54) is 0 Å². The van der Waals surface area contributed by atoms with E-state index in [1.54, 1.807) is 0 Å². The summed E-state index contributed by atoms with van der Waals surface area (Å²) in [6.45, 7) is 14.7. The van der Waals surface area contributed by atoms with Crippen molar-refractivity contribution in [1.29, 1.82) is 0 Å². The van der Waals surface area contributed by atoms with Crippen LogP contribution in [0.5, 0.6) is 5.75 Å². The van der Waals surface area contributed by atoms with Crippen molar-refractivity contribution in [3.63, 3.8) is 0 Å². The highest BCUT2D eigenvalue weighted by atomic mass is 16.3. The van der Waals surface area contributed by atoms with Gasteiger partial charge in [0.2, 0.25) is 0 Å². The Morgan fingerprint density at radius 2 is 1.70 bits per heavy atom. The average molecular weight is 449 g/mol. The van der Waals surface area contributed by atoms with Gasteiger partial charge in [-0.05, 0) is 47.8 Å². The molecule has 0 aliphatic heterocycles.